The van der Waals surface area contributed by atoms with Crippen LogP contribution in [0, 0.1) is 0 Å². The molecule has 3 rings (SSSR count). The van der Waals surface area contributed by atoms with E-state index in [1.54, 1.807) is 5.06 Å². The van der Waals surface area contributed by atoms with Gasteiger partial charge in [0.1, 0.15) is 5.75 Å². The number of hydrogen-bond donors (Lipinski definition) is 2. The van der Waals surface area contributed by atoms with E-state index in [9.17, 15) is 0 Å². The van der Waals surface area contributed by atoms with Gasteiger partial charge in [0.2, 0.25) is 11.9 Å². The van der Waals surface area contributed by atoms with Crippen LogP contribution in [0.15, 0.2) is 38.7 Å². The van der Waals surface area contributed by atoms with E-state index in [0.717, 1.165) is 41.0 Å². The zero-order chi connectivity index (χ0) is 17.7. The first-order valence-electron chi connectivity index (χ1n) is 8.18. The summed E-state index contributed by atoms with van der Waals surface area (Å²) in [5.74, 6) is 3.30. The second-order valence-electron chi connectivity index (χ2n) is 5.79. The Bertz CT molecular complexity index is 670. The van der Waals surface area contributed by atoms with Crippen molar-refractivity contribution in [1.29, 1.82) is 0 Å². The minimum absolute atomic E-state index is 0. The van der Waals surface area contributed by atoms with Crippen molar-refractivity contribution >= 4 is 52.0 Å². The molecule has 1 spiro atoms. The van der Waals surface area contributed by atoms with Crippen LogP contribution in [0.3, 0.4) is 0 Å². The number of halogens is 2. The molecule has 2 aliphatic heterocycles. The lowest BCUT2D eigenvalue weighted by Crippen LogP contribution is -2.58. The largest absolute Gasteiger partial charge is 0.492 e. The standard InChI is InChI=1S/C16H22BrN5O2S.ClH/c17-12-4-1-2-5-13(12)23-8-3-9-24-22-15(19)20-14(18)21-16(22)6-10-25-11-7-16;/h1-2,4-5H,3,6-11H2,(H4,18,19,20,21);1H. The zero-order valence-electron chi connectivity index (χ0n) is 14.3. The third-order valence-electron chi connectivity index (χ3n) is 4.03. The fraction of sp³-hybridized carbons (Fsp3) is 0.500. The molecule has 0 saturated carbocycles. The first-order chi connectivity index (χ1) is 12.1. The average Bonchev–Trinajstić information content (AvgIpc) is 2.59. The SMILES string of the molecule is Cl.NC1=NC2(CCSCC2)N(OCCCOc2ccccc2Br)C(N)=N1. The summed E-state index contributed by atoms with van der Waals surface area (Å²) in [6, 6.07) is 7.76. The Hall–Kier alpha value is -1.16. The highest BCUT2D eigenvalue weighted by atomic mass is 79.9. The first kappa shape index (κ1) is 21.1. The highest BCUT2D eigenvalue weighted by molar-refractivity contribution is 9.10. The summed E-state index contributed by atoms with van der Waals surface area (Å²) in [6.45, 7) is 1.01. The molecule has 144 valence electrons. The molecule has 0 radical (unpaired) electrons. The summed E-state index contributed by atoms with van der Waals surface area (Å²) >= 11 is 5.36. The third kappa shape index (κ3) is 4.97. The lowest BCUT2D eigenvalue weighted by molar-refractivity contribution is -0.171. The lowest BCUT2D eigenvalue weighted by atomic mass is 10.0. The fourth-order valence-corrected chi connectivity index (χ4v) is 4.36. The van der Waals surface area contributed by atoms with Crippen molar-refractivity contribution in [1.82, 2.24) is 5.06 Å². The van der Waals surface area contributed by atoms with E-state index < -0.39 is 5.66 Å². The number of hydroxylamine groups is 2. The zero-order valence-corrected chi connectivity index (χ0v) is 17.5. The maximum absolute atomic E-state index is 6.05. The number of nitrogens with zero attached hydrogens (tertiary/aromatic N) is 3. The molecule has 2 heterocycles. The van der Waals surface area contributed by atoms with Gasteiger partial charge in [-0.25, -0.2) is 4.99 Å². The summed E-state index contributed by atoms with van der Waals surface area (Å²) in [4.78, 5) is 14.5. The number of rotatable bonds is 6. The van der Waals surface area contributed by atoms with Crippen molar-refractivity contribution in [3.63, 3.8) is 0 Å². The van der Waals surface area contributed by atoms with Crippen LogP contribution in [0.5, 0.6) is 5.75 Å². The molecule has 0 atom stereocenters. The Morgan fingerprint density at radius 1 is 1.19 bits per heavy atom. The second-order valence-corrected chi connectivity index (χ2v) is 7.87. The van der Waals surface area contributed by atoms with E-state index >= 15 is 0 Å². The van der Waals surface area contributed by atoms with E-state index in [-0.39, 0.29) is 24.3 Å². The molecule has 26 heavy (non-hydrogen) atoms. The van der Waals surface area contributed by atoms with Gasteiger partial charge in [0.15, 0.2) is 5.66 Å². The minimum atomic E-state index is -0.523. The Balaban J connectivity index is 0.00000243. The van der Waals surface area contributed by atoms with Crippen LogP contribution in [-0.2, 0) is 4.84 Å². The first-order valence-corrected chi connectivity index (χ1v) is 10.1. The van der Waals surface area contributed by atoms with Crippen molar-refractivity contribution in [2.75, 3.05) is 24.7 Å². The predicted octanol–water partition coefficient (Wildman–Crippen LogP) is 2.74. The molecular formula is C16H23BrClN5O2S. The van der Waals surface area contributed by atoms with Gasteiger partial charge in [-0.1, -0.05) is 12.1 Å². The van der Waals surface area contributed by atoms with Crippen molar-refractivity contribution in [2.24, 2.45) is 21.5 Å². The molecule has 0 aliphatic carbocycles. The van der Waals surface area contributed by atoms with Gasteiger partial charge < -0.3 is 16.2 Å². The van der Waals surface area contributed by atoms with E-state index in [1.165, 1.54) is 0 Å². The molecule has 2 aliphatic rings. The predicted molar refractivity (Wildman–Crippen MR) is 112 cm³/mol. The number of aliphatic imine (C=N–C) groups is 2. The number of hydrogen-bond acceptors (Lipinski definition) is 8. The topological polar surface area (TPSA) is 98.5 Å². The normalized spacial score (nSPS) is 18.7. The maximum Gasteiger partial charge on any atom is 0.226 e. The Labute approximate surface area is 172 Å². The third-order valence-corrected chi connectivity index (χ3v) is 5.68. The number of nitrogens with two attached hydrogens (primary N) is 2. The van der Waals surface area contributed by atoms with Gasteiger partial charge in [0.25, 0.3) is 0 Å². The van der Waals surface area contributed by atoms with Gasteiger partial charge in [-0.05, 0) is 39.6 Å². The molecule has 0 aromatic heterocycles. The molecule has 0 amide bonds. The summed E-state index contributed by atoms with van der Waals surface area (Å²) < 4.78 is 6.69. The van der Waals surface area contributed by atoms with Gasteiger partial charge in [0.05, 0.1) is 17.7 Å². The summed E-state index contributed by atoms with van der Waals surface area (Å²) in [6.07, 6.45) is 2.39. The van der Waals surface area contributed by atoms with Crippen LogP contribution in [0.1, 0.15) is 19.3 Å². The number of guanidine groups is 2. The molecule has 0 bridgehead atoms. The molecule has 1 saturated heterocycles. The van der Waals surface area contributed by atoms with Crippen LogP contribution < -0.4 is 16.2 Å². The Morgan fingerprint density at radius 2 is 1.92 bits per heavy atom. The molecule has 0 unspecified atom stereocenters. The highest BCUT2D eigenvalue weighted by Crippen LogP contribution is 2.35. The van der Waals surface area contributed by atoms with Gasteiger partial charge in [-0.15, -0.1) is 12.4 Å². The van der Waals surface area contributed by atoms with E-state index in [1.807, 2.05) is 36.0 Å². The summed E-state index contributed by atoms with van der Waals surface area (Å²) in [5.41, 5.74) is 11.3. The van der Waals surface area contributed by atoms with Crippen molar-refractivity contribution < 1.29 is 9.57 Å². The van der Waals surface area contributed by atoms with Crippen LogP contribution in [-0.4, -0.2) is 47.4 Å². The van der Waals surface area contributed by atoms with Crippen LogP contribution in [0.25, 0.3) is 0 Å². The number of para-hydroxylation sites is 1. The highest BCUT2D eigenvalue weighted by Gasteiger charge is 2.43. The summed E-state index contributed by atoms with van der Waals surface area (Å²) in [5, 5.41) is 1.64. The second kappa shape index (κ2) is 9.68. The Kier molecular flexibility index (Phi) is 7.87. The van der Waals surface area contributed by atoms with Crippen LogP contribution in [0.2, 0.25) is 0 Å². The minimum Gasteiger partial charge on any atom is -0.492 e. The van der Waals surface area contributed by atoms with Crippen LogP contribution >= 0.6 is 40.1 Å². The molecule has 4 N–H and O–H groups in total. The quantitative estimate of drug-likeness (QED) is 0.628. The van der Waals surface area contributed by atoms with Crippen molar-refractivity contribution in [3.8, 4) is 5.75 Å². The number of thioether (sulfide) groups is 1. The molecule has 1 fully saturated rings. The molecular weight excluding hydrogens is 442 g/mol. The van der Waals surface area contributed by atoms with Crippen LogP contribution in [0.4, 0.5) is 0 Å². The number of ether oxygens (including phenoxy) is 1. The number of benzene rings is 1. The average molecular weight is 465 g/mol. The molecule has 1 aromatic carbocycles. The smallest absolute Gasteiger partial charge is 0.226 e. The molecule has 7 nitrogen and oxygen atoms in total. The van der Waals surface area contributed by atoms with Gasteiger partial charge in [-0.3, -0.25) is 4.84 Å². The monoisotopic (exact) mass is 463 g/mol. The van der Waals surface area contributed by atoms with Crippen molar-refractivity contribution in [3.05, 3.63) is 28.7 Å². The lowest BCUT2D eigenvalue weighted by Gasteiger charge is -2.43. The van der Waals surface area contributed by atoms with E-state index in [0.29, 0.717) is 13.2 Å². The Morgan fingerprint density at radius 3 is 2.65 bits per heavy atom. The molecule has 1 aromatic rings. The van der Waals surface area contributed by atoms with Gasteiger partial charge >= 0.3 is 0 Å². The van der Waals surface area contributed by atoms with Gasteiger partial charge in [0, 0.05) is 19.3 Å². The fourth-order valence-electron chi connectivity index (χ4n) is 2.82. The maximum atomic E-state index is 6.05. The van der Waals surface area contributed by atoms with Crippen molar-refractivity contribution in [2.45, 2.75) is 24.9 Å². The van der Waals surface area contributed by atoms with Gasteiger partial charge in [-0.2, -0.15) is 21.8 Å². The molecule has 10 heteroatoms. The van der Waals surface area contributed by atoms with E-state index in [2.05, 4.69) is 25.9 Å². The van der Waals surface area contributed by atoms with E-state index in [4.69, 9.17) is 21.0 Å². The summed E-state index contributed by atoms with van der Waals surface area (Å²) in [7, 11) is 0.